The van der Waals surface area contributed by atoms with Gasteiger partial charge in [0.1, 0.15) is 17.6 Å². The number of hydrazine groups is 1. The van der Waals surface area contributed by atoms with Gasteiger partial charge in [0.15, 0.2) is 0 Å². The van der Waals surface area contributed by atoms with Crippen LogP contribution in [0, 0.1) is 11.3 Å². The van der Waals surface area contributed by atoms with Crippen LogP contribution < -0.4 is 10.9 Å². The van der Waals surface area contributed by atoms with Gasteiger partial charge in [0.25, 0.3) is 0 Å². The average Bonchev–Trinajstić information content (AvgIpc) is 2.52. The predicted molar refractivity (Wildman–Crippen MR) is 87.6 cm³/mol. The molecule has 1 aliphatic carbocycles. The van der Waals surface area contributed by atoms with Crippen LogP contribution in [0.1, 0.15) is 48.9 Å². The van der Waals surface area contributed by atoms with E-state index in [0.717, 1.165) is 36.8 Å². The Bertz CT molecular complexity index is 736. The summed E-state index contributed by atoms with van der Waals surface area (Å²) in [5.74, 6) is 1.78. The minimum absolute atomic E-state index is 0.553. The lowest BCUT2D eigenvalue weighted by Crippen LogP contribution is -2.44. The van der Waals surface area contributed by atoms with Crippen molar-refractivity contribution in [2.75, 3.05) is 6.54 Å². The third-order valence-corrected chi connectivity index (χ3v) is 5.12. The van der Waals surface area contributed by atoms with Gasteiger partial charge in [-0.2, -0.15) is 5.26 Å². The highest BCUT2D eigenvalue weighted by Gasteiger charge is 2.25. The molecular formula is C18H21N5. The fraction of sp³-hybridized carbons (Fsp3) is 0.444. The summed E-state index contributed by atoms with van der Waals surface area (Å²) >= 11 is 0. The van der Waals surface area contributed by atoms with Crippen molar-refractivity contribution >= 4 is 0 Å². The van der Waals surface area contributed by atoms with Gasteiger partial charge in [0.2, 0.25) is 0 Å². The normalized spacial score (nSPS) is 20.7. The fourth-order valence-electron chi connectivity index (χ4n) is 3.54. The number of hydrogen-bond acceptors (Lipinski definition) is 5. The van der Waals surface area contributed by atoms with E-state index >= 15 is 0 Å². The van der Waals surface area contributed by atoms with Crippen LogP contribution in [-0.2, 0) is 13.0 Å². The molecule has 0 aromatic carbocycles. The Morgan fingerprint density at radius 2 is 2.22 bits per heavy atom. The van der Waals surface area contributed by atoms with Crippen LogP contribution in [0.25, 0.3) is 0 Å². The second kappa shape index (κ2) is 5.62. The molecule has 1 saturated carbocycles. The number of nitrogens with zero attached hydrogens (tertiary/aromatic N) is 3. The molecule has 2 aliphatic heterocycles. The summed E-state index contributed by atoms with van der Waals surface area (Å²) in [5.41, 5.74) is 11.8. The lowest BCUT2D eigenvalue weighted by molar-refractivity contribution is 0.284. The summed E-state index contributed by atoms with van der Waals surface area (Å²) in [6.45, 7) is 3.86. The number of allylic oxidation sites excluding steroid dienone is 3. The van der Waals surface area contributed by atoms with Gasteiger partial charge in [-0.1, -0.05) is 12.5 Å². The first-order valence-corrected chi connectivity index (χ1v) is 8.32. The van der Waals surface area contributed by atoms with E-state index in [-0.39, 0.29) is 0 Å². The monoisotopic (exact) mass is 307 g/mol. The molecule has 118 valence electrons. The topological polar surface area (TPSA) is 64.0 Å². The Hall–Kier alpha value is -2.48. The third-order valence-electron chi connectivity index (χ3n) is 5.12. The molecule has 5 nitrogen and oxygen atoms in total. The first-order chi connectivity index (χ1) is 11.2. The van der Waals surface area contributed by atoms with E-state index in [2.05, 4.69) is 34.1 Å². The highest BCUT2D eigenvalue weighted by atomic mass is 15.4. The minimum Gasteiger partial charge on any atom is -0.352 e. The maximum atomic E-state index is 8.98. The van der Waals surface area contributed by atoms with Crippen molar-refractivity contribution in [1.29, 1.82) is 5.26 Å². The van der Waals surface area contributed by atoms with Crippen LogP contribution in [0.5, 0.6) is 0 Å². The number of pyridine rings is 1. The molecule has 3 aliphatic rings. The number of hydrogen-bond donors (Lipinski definition) is 2. The molecule has 0 amide bonds. The molecule has 0 spiro atoms. The lowest BCUT2D eigenvalue weighted by Gasteiger charge is -2.35. The average molecular weight is 307 g/mol. The molecule has 0 bridgehead atoms. The molecule has 4 rings (SSSR count). The summed E-state index contributed by atoms with van der Waals surface area (Å²) in [7, 11) is 0. The molecule has 1 aromatic rings. The predicted octanol–water partition coefficient (Wildman–Crippen LogP) is 2.45. The van der Waals surface area contributed by atoms with Crippen molar-refractivity contribution in [3.05, 3.63) is 52.3 Å². The molecule has 1 aromatic heterocycles. The number of aromatic nitrogens is 1. The lowest BCUT2D eigenvalue weighted by atomic mass is 9.80. The second-order valence-electron chi connectivity index (χ2n) is 6.63. The Labute approximate surface area is 136 Å². The number of fused-ring (bicyclic) bond motifs is 1. The maximum absolute atomic E-state index is 8.98. The number of nitrogens with one attached hydrogen (secondary N) is 2. The zero-order chi connectivity index (χ0) is 15.8. The molecule has 23 heavy (non-hydrogen) atoms. The van der Waals surface area contributed by atoms with Gasteiger partial charge < -0.3 is 4.90 Å². The Morgan fingerprint density at radius 1 is 1.35 bits per heavy atom. The van der Waals surface area contributed by atoms with Gasteiger partial charge in [-0.3, -0.25) is 15.8 Å². The van der Waals surface area contributed by atoms with E-state index in [0.29, 0.717) is 5.70 Å². The van der Waals surface area contributed by atoms with Crippen LogP contribution in [0.3, 0.4) is 0 Å². The van der Waals surface area contributed by atoms with E-state index in [1.54, 1.807) is 0 Å². The molecule has 2 N–H and O–H groups in total. The van der Waals surface area contributed by atoms with Crippen molar-refractivity contribution < 1.29 is 0 Å². The molecule has 3 heterocycles. The summed E-state index contributed by atoms with van der Waals surface area (Å²) in [4.78, 5) is 7.05. The van der Waals surface area contributed by atoms with Crippen LogP contribution in [0.2, 0.25) is 0 Å². The standard InChI is InChI=1S/C18H21N5/c1-12-7-16(9-19)21-22-18(12)23-6-5-17-15(11-23)8-14(10-20-17)13-3-2-4-13/h7-8,10,13,21-22H,2-6,11H2,1H3. The molecule has 0 atom stereocenters. The molecule has 0 saturated heterocycles. The molecule has 5 heteroatoms. The number of nitriles is 1. The van der Waals surface area contributed by atoms with Crippen LogP contribution in [-0.4, -0.2) is 16.4 Å². The minimum atomic E-state index is 0.553. The smallest absolute Gasteiger partial charge is 0.132 e. The van der Waals surface area contributed by atoms with E-state index in [1.807, 2.05) is 13.0 Å². The van der Waals surface area contributed by atoms with Crippen LogP contribution in [0.15, 0.2) is 35.4 Å². The fourth-order valence-corrected chi connectivity index (χ4v) is 3.54. The van der Waals surface area contributed by atoms with Crippen molar-refractivity contribution in [2.24, 2.45) is 0 Å². The number of rotatable bonds is 2. The van der Waals surface area contributed by atoms with E-state index in [9.17, 15) is 0 Å². The molecule has 1 fully saturated rings. The van der Waals surface area contributed by atoms with Gasteiger partial charge in [0, 0.05) is 31.4 Å². The van der Waals surface area contributed by atoms with Gasteiger partial charge in [-0.15, -0.1) is 0 Å². The molecular weight excluding hydrogens is 286 g/mol. The van der Waals surface area contributed by atoms with Gasteiger partial charge in [-0.25, -0.2) is 0 Å². The van der Waals surface area contributed by atoms with Crippen molar-refractivity contribution in [1.82, 2.24) is 20.7 Å². The Kier molecular flexibility index (Phi) is 3.45. The summed E-state index contributed by atoms with van der Waals surface area (Å²) in [6.07, 6.45) is 8.91. The molecule has 0 radical (unpaired) electrons. The van der Waals surface area contributed by atoms with Crippen molar-refractivity contribution in [3.8, 4) is 6.07 Å². The summed E-state index contributed by atoms with van der Waals surface area (Å²) in [6, 6.07) is 4.49. The first kappa shape index (κ1) is 14.1. The SMILES string of the molecule is CC1=C(N2CCc3ncc(C4CCC4)cc3C2)NNC(C#N)=C1. The summed E-state index contributed by atoms with van der Waals surface area (Å²) in [5, 5.41) is 8.98. The zero-order valence-electron chi connectivity index (χ0n) is 13.4. The van der Waals surface area contributed by atoms with Gasteiger partial charge in [-0.05, 0) is 48.5 Å². The third kappa shape index (κ3) is 2.55. The van der Waals surface area contributed by atoms with Crippen LogP contribution >= 0.6 is 0 Å². The Morgan fingerprint density at radius 3 is 2.91 bits per heavy atom. The second-order valence-corrected chi connectivity index (χ2v) is 6.63. The highest BCUT2D eigenvalue weighted by Crippen LogP contribution is 2.37. The van der Waals surface area contributed by atoms with Gasteiger partial charge >= 0.3 is 0 Å². The first-order valence-electron chi connectivity index (χ1n) is 8.32. The van der Waals surface area contributed by atoms with E-state index < -0.39 is 0 Å². The maximum Gasteiger partial charge on any atom is 0.132 e. The van der Waals surface area contributed by atoms with E-state index in [4.69, 9.17) is 10.2 Å². The zero-order valence-corrected chi connectivity index (χ0v) is 13.4. The summed E-state index contributed by atoms with van der Waals surface area (Å²) < 4.78 is 0. The largest absolute Gasteiger partial charge is 0.352 e. The quantitative estimate of drug-likeness (QED) is 0.878. The van der Waals surface area contributed by atoms with Gasteiger partial charge in [0.05, 0.1) is 0 Å². The van der Waals surface area contributed by atoms with Crippen molar-refractivity contribution in [3.63, 3.8) is 0 Å². The molecule has 0 unspecified atom stereocenters. The Balaban J connectivity index is 1.58. The van der Waals surface area contributed by atoms with Crippen molar-refractivity contribution in [2.45, 2.75) is 45.1 Å². The van der Waals surface area contributed by atoms with Crippen LogP contribution in [0.4, 0.5) is 0 Å². The highest BCUT2D eigenvalue weighted by molar-refractivity contribution is 5.37. The van der Waals surface area contributed by atoms with E-state index in [1.165, 1.54) is 36.1 Å².